The number of fused-ring (bicyclic) bond motifs is 1. The van der Waals surface area contributed by atoms with Gasteiger partial charge in [0.05, 0.1) is 24.5 Å². The molecule has 0 bridgehead atoms. The van der Waals surface area contributed by atoms with E-state index in [4.69, 9.17) is 4.74 Å². The normalized spacial score (nSPS) is 15.5. The molecule has 6 nitrogen and oxygen atoms in total. The van der Waals surface area contributed by atoms with Gasteiger partial charge in [0.2, 0.25) is 0 Å². The highest BCUT2D eigenvalue weighted by Crippen LogP contribution is 2.24. The number of pyridine rings is 1. The van der Waals surface area contributed by atoms with Crippen molar-refractivity contribution in [3.05, 3.63) is 46.1 Å². The summed E-state index contributed by atoms with van der Waals surface area (Å²) in [5, 5.41) is 7.13. The predicted molar refractivity (Wildman–Crippen MR) is 101 cm³/mol. The van der Waals surface area contributed by atoms with Crippen molar-refractivity contribution in [2.24, 2.45) is 0 Å². The molecule has 130 valence electrons. The Kier molecular flexibility index (Phi) is 4.78. The second kappa shape index (κ2) is 7.35. The van der Waals surface area contributed by atoms with Crippen LogP contribution in [0.2, 0.25) is 0 Å². The third-order valence-electron chi connectivity index (χ3n) is 4.34. The summed E-state index contributed by atoms with van der Waals surface area (Å²) in [4.78, 5) is 22.2. The summed E-state index contributed by atoms with van der Waals surface area (Å²) in [6.07, 6.45) is 0. The number of anilines is 1. The number of rotatable bonds is 5. The Morgan fingerprint density at radius 3 is 3.00 bits per heavy atom. The lowest BCUT2D eigenvalue weighted by Crippen LogP contribution is -2.38. The average molecular weight is 356 g/mol. The average Bonchev–Trinajstić information content (AvgIpc) is 3.11. The molecule has 3 heterocycles. The number of aromatic amines is 1. The number of thiazole rings is 1. The number of nitrogens with zero attached hydrogens (tertiary/aromatic N) is 2. The van der Waals surface area contributed by atoms with Gasteiger partial charge in [-0.15, -0.1) is 11.3 Å². The third-order valence-corrected chi connectivity index (χ3v) is 5.14. The molecule has 1 aromatic carbocycles. The first-order chi connectivity index (χ1) is 12.3. The van der Waals surface area contributed by atoms with Gasteiger partial charge < -0.3 is 15.0 Å². The molecular weight excluding hydrogens is 336 g/mol. The van der Waals surface area contributed by atoms with Crippen LogP contribution in [0.5, 0.6) is 0 Å². The zero-order chi connectivity index (χ0) is 17.1. The van der Waals surface area contributed by atoms with Gasteiger partial charge in [-0.25, -0.2) is 4.98 Å². The zero-order valence-corrected chi connectivity index (χ0v) is 14.6. The Morgan fingerprint density at radius 2 is 2.12 bits per heavy atom. The number of H-pyrrole nitrogens is 1. The molecule has 1 aliphatic rings. The number of ether oxygens (including phenoxy) is 1. The van der Waals surface area contributed by atoms with Gasteiger partial charge in [-0.3, -0.25) is 9.69 Å². The summed E-state index contributed by atoms with van der Waals surface area (Å²) < 4.78 is 5.35. The maximum Gasteiger partial charge on any atom is 0.257 e. The van der Waals surface area contributed by atoms with Gasteiger partial charge in [-0.05, 0) is 17.5 Å². The Labute approximate surface area is 149 Å². The van der Waals surface area contributed by atoms with E-state index < -0.39 is 0 Å². The van der Waals surface area contributed by atoms with Crippen molar-refractivity contribution in [2.45, 2.75) is 0 Å². The van der Waals surface area contributed by atoms with Crippen molar-refractivity contribution < 1.29 is 4.74 Å². The SMILES string of the molecule is O=c1[nH]c2ccccc2cc1-c1csc(NCCN2CCOCC2)n1. The number of para-hydroxylation sites is 1. The van der Waals surface area contributed by atoms with E-state index >= 15 is 0 Å². The van der Waals surface area contributed by atoms with E-state index in [9.17, 15) is 4.79 Å². The van der Waals surface area contributed by atoms with Crippen molar-refractivity contribution in [1.29, 1.82) is 0 Å². The van der Waals surface area contributed by atoms with E-state index in [0.29, 0.717) is 11.3 Å². The van der Waals surface area contributed by atoms with Gasteiger partial charge in [0, 0.05) is 37.1 Å². The Bertz CT molecular complexity index is 915. The number of benzene rings is 1. The lowest BCUT2D eigenvalue weighted by molar-refractivity contribution is 0.0398. The summed E-state index contributed by atoms with van der Waals surface area (Å²) in [5.74, 6) is 0. The summed E-state index contributed by atoms with van der Waals surface area (Å²) in [5.41, 5.74) is 2.06. The highest BCUT2D eigenvalue weighted by molar-refractivity contribution is 7.14. The Morgan fingerprint density at radius 1 is 1.28 bits per heavy atom. The summed E-state index contributed by atoms with van der Waals surface area (Å²) in [6.45, 7) is 5.39. The molecule has 0 unspecified atom stereocenters. The van der Waals surface area contributed by atoms with Crippen LogP contribution in [0.3, 0.4) is 0 Å². The molecule has 7 heteroatoms. The van der Waals surface area contributed by atoms with Crippen LogP contribution in [0.15, 0.2) is 40.5 Å². The van der Waals surface area contributed by atoms with Crippen molar-refractivity contribution in [3.8, 4) is 11.3 Å². The van der Waals surface area contributed by atoms with Crippen LogP contribution in [-0.4, -0.2) is 54.3 Å². The van der Waals surface area contributed by atoms with Crippen LogP contribution in [0.25, 0.3) is 22.2 Å². The molecule has 0 amide bonds. The van der Waals surface area contributed by atoms with Crippen molar-refractivity contribution in [2.75, 3.05) is 44.7 Å². The zero-order valence-electron chi connectivity index (χ0n) is 13.8. The first-order valence-electron chi connectivity index (χ1n) is 8.41. The fraction of sp³-hybridized carbons (Fsp3) is 0.333. The molecule has 1 aliphatic heterocycles. The molecular formula is C18H20N4O2S. The topological polar surface area (TPSA) is 70.2 Å². The monoisotopic (exact) mass is 356 g/mol. The van der Waals surface area contributed by atoms with Crippen LogP contribution in [0.1, 0.15) is 0 Å². The Hall–Kier alpha value is -2.22. The quantitative estimate of drug-likeness (QED) is 0.735. The van der Waals surface area contributed by atoms with Gasteiger partial charge in [0.25, 0.3) is 5.56 Å². The van der Waals surface area contributed by atoms with E-state index in [1.807, 2.05) is 35.7 Å². The van der Waals surface area contributed by atoms with E-state index in [-0.39, 0.29) is 5.56 Å². The maximum absolute atomic E-state index is 12.3. The number of hydrogen-bond donors (Lipinski definition) is 2. The van der Waals surface area contributed by atoms with Crippen molar-refractivity contribution in [1.82, 2.24) is 14.9 Å². The molecule has 4 rings (SSSR count). The number of nitrogens with one attached hydrogen (secondary N) is 2. The molecule has 0 saturated carbocycles. The number of morpholine rings is 1. The largest absolute Gasteiger partial charge is 0.379 e. The maximum atomic E-state index is 12.3. The smallest absolute Gasteiger partial charge is 0.257 e. The molecule has 2 aromatic heterocycles. The molecule has 0 radical (unpaired) electrons. The third kappa shape index (κ3) is 3.73. The summed E-state index contributed by atoms with van der Waals surface area (Å²) >= 11 is 1.53. The minimum absolute atomic E-state index is 0.108. The van der Waals surface area contributed by atoms with E-state index in [1.54, 1.807) is 0 Å². The van der Waals surface area contributed by atoms with E-state index in [2.05, 4.69) is 20.2 Å². The van der Waals surface area contributed by atoms with E-state index in [0.717, 1.165) is 55.4 Å². The Balaban J connectivity index is 1.45. The lowest BCUT2D eigenvalue weighted by Gasteiger charge is -2.26. The second-order valence-electron chi connectivity index (χ2n) is 6.02. The van der Waals surface area contributed by atoms with Gasteiger partial charge in [0.1, 0.15) is 0 Å². The highest BCUT2D eigenvalue weighted by atomic mass is 32.1. The highest BCUT2D eigenvalue weighted by Gasteiger charge is 2.11. The second-order valence-corrected chi connectivity index (χ2v) is 6.88. The number of hydrogen-bond acceptors (Lipinski definition) is 6. The molecule has 0 aliphatic carbocycles. The molecule has 1 saturated heterocycles. The van der Waals surface area contributed by atoms with Crippen molar-refractivity contribution in [3.63, 3.8) is 0 Å². The predicted octanol–water partition coefficient (Wildman–Crippen LogP) is 2.40. The molecule has 2 N–H and O–H groups in total. The van der Waals surface area contributed by atoms with E-state index in [1.165, 1.54) is 11.3 Å². The summed E-state index contributed by atoms with van der Waals surface area (Å²) in [6, 6.07) is 9.67. The molecule has 1 fully saturated rings. The van der Waals surface area contributed by atoms with Crippen LogP contribution >= 0.6 is 11.3 Å². The van der Waals surface area contributed by atoms with Gasteiger partial charge in [-0.1, -0.05) is 18.2 Å². The standard InChI is InChI=1S/C18H20N4O2S/c23-17-14(11-13-3-1-2-4-15(13)20-17)16-12-25-18(21-16)19-5-6-22-7-9-24-10-8-22/h1-4,11-12H,5-10H2,(H,19,21)(H,20,23). The van der Waals surface area contributed by atoms with Crippen LogP contribution in [0.4, 0.5) is 5.13 Å². The van der Waals surface area contributed by atoms with Crippen LogP contribution < -0.4 is 10.9 Å². The van der Waals surface area contributed by atoms with Gasteiger partial charge >= 0.3 is 0 Å². The molecule has 25 heavy (non-hydrogen) atoms. The molecule has 0 atom stereocenters. The first-order valence-corrected chi connectivity index (χ1v) is 9.29. The fourth-order valence-electron chi connectivity index (χ4n) is 2.96. The first kappa shape index (κ1) is 16.3. The molecule has 0 spiro atoms. The van der Waals surface area contributed by atoms with Gasteiger partial charge in [0.15, 0.2) is 5.13 Å². The lowest BCUT2D eigenvalue weighted by atomic mass is 10.1. The van der Waals surface area contributed by atoms with Gasteiger partial charge in [-0.2, -0.15) is 0 Å². The minimum atomic E-state index is -0.108. The van der Waals surface area contributed by atoms with Crippen LogP contribution in [0, 0.1) is 0 Å². The van der Waals surface area contributed by atoms with Crippen molar-refractivity contribution >= 4 is 27.4 Å². The van der Waals surface area contributed by atoms with Crippen LogP contribution in [-0.2, 0) is 4.74 Å². The molecule has 3 aromatic rings. The minimum Gasteiger partial charge on any atom is -0.379 e. The number of aromatic nitrogens is 2. The fourth-order valence-corrected chi connectivity index (χ4v) is 3.70. The summed E-state index contributed by atoms with van der Waals surface area (Å²) in [7, 11) is 0.